The highest BCUT2D eigenvalue weighted by atomic mass is 16.5. The molecule has 36 heavy (non-hydrogen) atoms. The second-order valence-corrected chi connectivity index (χ2v) is 7.33. The van der Waals surface area contributed by atoms with Crippen molar-refractivity contribution in [3.05, 3.63) is 89.5 Å². The molecule has 0 unspecified atom stereocenters. The number of rotatable bonds is 9. The van der Waals surface area contributed by atoms with Crippen LogP contribution in [-0.2, 0) is 14.3 Å². The monoisotopic (exact) mass is 485 g/mol. The van der Waals surface area contributed by atoms with E-state index in [9.17, 15) is 19.6 Å². The summed E-state index contributed by atoms with van der Waals surface area (Å²) >= 11 is 0. The first-order valence-electron chi connectivity index (χ1n) is 10.7. The van der Waals surface area contributed by atoms with Crippen LogP contribution in [0.2, 0.25) is 0 Å². The fraction of sp³-hybridized carbons (Fsp3) is 0.111. The summed E-state index contributed by atoms with van der Waals surface area (Å²) in [5, 5.41) is 14.7. The summed E-state index contributed by atoms with van der Waals surface area (Å²) in [6.07, 6.45) is 1.43. The maximum Gasteiger partial charge on any atom is 0.337 e. The predicted molar refractivity (Wildman–Crippen MR) is 134 cm³/mol. The van der Waals surface area contributed by atoms with Crippen LogP contribution < -0.4 is 20.1 Å². The van der Waals surface area contributed by atoms with E-state index < -0.39 is 11.9 Å². The molecule has 0 fully saturated rings. The van der Waals surface area contributed by atoms with Gasteiger partial charge < -0.3 is 24.8 Å². The van der Waals surface area contributed by atoms with Crippen molar-refractivity contribution in [2.45, 2.75) is 0 Å². The number of carbonyl (C=O) groups is 3. The number of hydrogen-bond acceptors (Lipinski definition) is 7. The van der Waals surface area contributed by atoms with Gasteiger partial charge in [-0.3, -0.25) is 9.59 Å². The first kappa shape index (κ1) is 25.5. The van der Waals surface area contributed by atoms with Crippen LogP contribution in [0.1, 0.15) is 15.9 Å². The van der Waals surface area contributed by atoms with E-state index in [0.29, 0.717) is 34.0 Å². The van der Waals surface area contributed by atoms with E-state index in [0.717, 1.165) is 0 Å². The largest absolute Gasteiger partial charge is 0.497 e. The summed E-state index contributed by atoms with van der Waals surface area (Å²) in [6.45, 7) is -0.193. The molecule has 0 saturated heterocycles. The summed E-state index contributed by atoms with van der Waals surface area (Å²) in [6, 6.07) is 21.5. The third-order valence-electron chi connectivity index (χ3n) is 4.86. The van der Waals surface area contributed by atoms with Crippen molar-refractivity contribution in [1.82, 2.24) is 0 Å². The lowest BCUT2D eigenvalue weighted by Crippen LogP contribution is -2.20. The van der Waals surface area contributed by atoms with Gasteiger partial charge in [-0.05, 0) is 72.3 Å². The van der Waals surface area contributed by atoms with E-state index >= 15 is 0 Å². The Morgan fingerprint density at radius 1 is 0.833 bits per heavy atom. The van der Waals surface area contributed by atoms with Gasteiger partial charge in [0.15, 0.2) is 6.61 Å². The van der Waals surface area contributed by atoms with E-state index in [1.165, 1.54) is 37.5 Å². The van der Waals surface area contributed by atoms with Crippen molar-refractivity contribution in [1.29, 1.82) is 5.26 Å². The zero-order chi connectivity index (χ0) is 25.9. The van der Waals surface area contributed by atoms with Crippen molar-refractivity contribution in [2.75, 3.05) is 31.5 Å². The number of methoxy groups -OCH3 is 2. The molecule has 0 aliphatic rings. The van der Waals surface area contributed by atoms with Crippen LogP contribution in [0, 0.1) is 11.3 Å². The van der Waals surface area contributed by atoms with Crippen LogP contribution in [0.5, 0.6) is 11.5 Å². The average Bonchev–Trinajstić information content (AvgIpc) is 2.91. The van der Waals surface area contributed by atoms with Gasteiger partial charge in [0.25, 0.3) is 11.8 Å². The number of nitrogens with zero attached hydrogens (tertiary/aromatic N) is 1. The van der Waals surface area contributed by atoms with Crippen molar-refractivity contribution in [3.63, 3.8) is 0 Å². The maximum atomic E-state index is 12.5. The first-order chi connectivity index (χ1) is 17.4. The normalized spacial score (nSPS) is 10.5. The molecule has 2 N–H and O–H groups in total. The summed E-state index contributed by atoms with van der Waals surface area (Å²) in [5.41, 5.74) is 1.86. The Hall–Kier alpha value is -5.10. The Balaban J connectivity index is 1.55. The van der Waals surface area contributed by atoms with Gasteiger partial charge in [-0.25, -0.2) is 4.79 Å². The van der Waals surface area contributed by atoms with E-state index in [4.69, 9.17) is 9.47 Å². The van der Waals surface area contributed by atoms with E-state index in [2.05, 4.69) is 15.4 Å². The smallest absolute Gasteiger partial charge is 0.337 e. The Morgan fingerprint density at radius 3 is 2.00 bits per heavy atom. The SMILES string of the molecule is COC(=O)c1ccc(NC(=O)C(C#N)=Cc2ccc(OCC(=O)Nc3ccc(OC)cc3)cc2)cc1. The molecule has 9 nitrogen and oxygen atoms in total. The summed E-state index contributed by atoms with van der Waals surface area (Å²) < 4.78 is 15.2. The van der Waals surface area contributed by atoms with Gasteiger partial charge in [0.05, 0.1) is 19.8 Å². The molecule has 0 atom stereocenters. The Kier molecular flexibility index (Phi) is 8.78. The molecule has 0 radical (unpaired) electrons. The van der Waals surface area contributed by atoms with Crippen molar-refractivity contribution >= 4 is 35.2 Å². The number of nitrogens with one attached hydrogen (secondary N) is 2. The Morgan fingerprint density at radius 2 is 1.42 bits per heavy atom. The fourth-order valence-electron chi connectivity index (χ4n) is 3.00. The first-order valence-corrected chi connectivity index (χ1v) is 10.7. The molecule has 9 heteroatoms. The second-order valence-electron chi connectivity index (χ2n) is 7.33. The number of hydrogen-bond donors (Lipinski definition) is 2. The van der Waals surface area contributed by atoms with Crippen LogP contribution in [0.15, 0.2) is 78.4 Å². The molecule has 0 aliphatic heterocycles. The number of anilines is 2. The van der Waals surface area contributed by atoms with Gasteiger partial charge in [-0.1, -0.05) is 12.1 Å². The van der Waals surface area contributed by atoms with E-state index in [-0.39, 0.29) is 18.1 Å². The molecule has 3 aromatic carbocycles. The highest BCUT2D eigenvalue weighted by molar-refractivity contribution is 6.09. The lowest BCUT2D eigenvalue weighted by molar-refractivity contribution is -0.118. The summed E-state index contributed by atoms with van der Waals surface area (Å²) in [4.78, 5) is 36.1. The molecule has 0 aliphatic carbocycles. The topological polar surface area (TPSA) is 127 Å². The highest BCUT2D eigenvalue weighted by Gasteiger charge is 2.11. The molecule has 3 rings (SSSR count). The second kappa shape index (κ2) is 12.4. The van der Waals surface area contributed by atoms with Gasteiger partial charge in [-0.15, -0.1) is 0 Å². The number of ether oxygens (including phenoxy) is 3. The van der Waals surface area contributed by atoms with E-state index in [1.807, 2.05) is 6.07 Å². The van der Waals surface area contributed by atoms with Crippen LogP contribution >= 0.6 is 0 Å². The number of carbonyl (C=O) groups excluding carboxylic acids is 3. The molecular formula is C27H23N3O6. The molecule has 0 spiro atoms. The Labute approximate surface area is 207 Å². The highest BCUT2D eigenvalue weighted by Crippen LogP contribution is 2.17. The standard InChI is InChI=1S/C27H23N3O6/c1-34-23-13-9-21(10-14-23)29-25(31)17-36-24-11-3-18(4-12-24)15-20(16-28)26(32)30-22-7-5-19(6-8-22)27(33)35-2/h3-15H,17H2,1-2H3,(H,29,31)(H,30,32). The van der Waals surface area contributed by atoms with Crippen molar-refractivity contribution in [3.8, 4) is 17.6 Å². The van der Waals surface area contributed by atoms with Crippen molar-refractivity contribution < 1.29 is 28.6 Å². The number of benzene rings is 3. The van der Waals surface area contributed by atoms with Gasteiger partial charge in [0, 0.05) is 11.4 Å². The number of esters is 1. The third kappa shape index (κ3) is 7.20. The third-order valence-corrected chi connectivity index (χ3v) is 4.86. The van der Waals surface area contributed by atoms with Crippen LogP contribution in [0.25, 0.3) is 6.08 Å². The zero-order valence-corrected chi connectivity index (χ0v) is 19.6. The van der Waals surface area contributed by atoms with Crippen molar-refractivity contribution in [2.24, 2.45) is 0 Å². The lowest BCUT2D eigenvalue weighted by Gasteiger charge is -2.08. The molecule has 0 saturated carbocycles. The predicted octanol–water partition coefficient (Wildman–Crippen LogP) is 4.04. The molecule has 182 valence electrons. The molecule has 3 aromatic rings. The minimum Gasteiger partial charge on any atom is -0.497 e. The number of amides is 2. The molecule has 0 heterocycles. The van der Waals surface area contributed by atoms with Crippen LogP contribution in [-0.4, -0.2) is 38.6 Å². The summed E-state index contributed by atoms with van der Waals surface area (Å²) in [7, 11) is 2.84. The van der Waals surface area contributed by atoms with Crippen LogP contribution in [0.4, 0.5) is 11.4 Å². The maximum absolute atomic E-state index is 12.5. The number of nitriles is 1. The average molecular weight is 485 g/mol. The zero-order valence-electron chi connectivity index (χ0n) is 19.6. The van der Waals surface area contributed by atoms with Gasteiger partial charge in [-0.2, -0.15) is 5.26 Å². The molecule has 0 aromatic heterocycles. The quantitative estimate of drug-likeness (QED) is 0.266. The van der Waals surface area contributed by atoms with Crippen LogP contribution in [0.3, 0.4) is 0 Å². The minimum atomic E-state index is -0.598. The molecule has 2 amide bonds. The molecular weight excluding hydrogens is 462 g/mol. The van der Waals surface area contributed by atoms with E-state index in [1.54, 1.807) is 55.6 Å². The van der Waals surface area contributed by atoms with Gasteiger partial charge in [0.2, 0.25) is 0 Å². The summed E-state index contributed by atoms with van der Waals surface area (Å²) in [5.74, 6) is -0.280. The molecule has 0 bridgehead atoms. The lowest BCUT2D eigenvalue weighted by atomic mass is 10.1. The fourth-order valence-corrected chi connectivity index (χ4v) is 3.00. The minimum absolute atomic E-state index is 0.111. The Bertz CT molecular complexity index is 1290. The van der Waals surface area contributed by atoms with Gasteiger partial charge >= 0.3 is 5.97 Å². The van der Waals surface area contributed by atoms with Gasteiger partial charge in [0.1, 0.15) is 23.1 Å².